The first-order valence-electron chi connectivity index (χ1n) is 5.60. The predicted octanol–water partition coefficient (Wildman–Crippen LogP) is 2.17. The molecule has 2 rings (SSSR count). The van der Waals surface area contributed by atoms with Crippen LogP contribution in [0.4, 0.5) is 4.39 Å². The molecule has 1 N–H and O–H groups in total. The Kier molecular flexibility index (Phi) is 3.06. The fourth-order valence-corrected chi connectivity index (χ4v) is 2.17. The first-order chi connectivity index (χ1) is 7.59. The average Bonchev–Trinajstić information content (AvgIpc) is 2.67. The Morgan fingerprint density at radius 1 is 1.44 bits per heavy atom. The van der Waals surface area contributed by atoms with Crippen molar-refractivity contribution in [1.82, 2.24) is 5.32 Å². The van der Waals surface area contributed by atoms with Gasteiger partial charge in [0.1, 0.15) is 5.82 Å². The van der Waals surface area contributed by atoms with Gasteiger partial charge in [-0.25, -0.2) is 4.39 Å². The van der Waals surface area contributed by atoms with Crippen LogP contribution in [0.5, 0.6) is 0 Å². The lowest BCUT2D eigenvalue weighted by Crippen LogP contribution is -2.21. The molecule has 0 spiro atoms. The molecule has 3 heteroatoms. The van der Waals surface area contributed by atoms with E-state index in [0.29, 0.717) is 17.0 Å². The molecule has 2 nitrogen and oxygen atoms in total. The van der Waals surface area contributed by atoms with Crippen molar-refractivity contribution in [2.75, 3.05) is 13.1 Å². The number of Topliss-reactive ketones (excluding diaryl/α,β-unsaturated/α-hetero) is 1. The molecule has 2 unspecified atom stereocenters. The van der Waals surface area contributed by atoms with Crippen molar-refractivity contribution in [2.45, 2.75) is 13.8 Å². The molecular formula is C13H16FNO. The number of hydrogen-bond donors (Lipinski definition) is 1. The van der Waals surface area contributed by atoms with E-state index < -0.39 is 0 Å². The van der Waals surface area contributed by atoms with Crippen molar-refractivity contribution in [3.63, 3.8) is 0 Å². The van der Waals surface area contributed by atoms with E-state index in [0.717, 1.165) is 13.1 Å². The lowest BCUT2D eigenvalue weighted by atomic mass is 9.89. The van der Waals surface area contributed by atoms with Crippen molar-refractivity contribution in [1.29, 1.82) is 0 Å². The van der Waals surface area contributed by atoms with Gasteiger partial charge in [0, 0.05) is 18.0 Å². The minimum absolute atomic E-state index is 0.0323. The van der Waals surface area contributed by atoms with Crippen LogP contribution in [0.15, 0.2) is 18.2 Å². The van der Waals surface area contributed by atoms with Crippen LogP contribution in [0.3, 0.4) is 0 Å². The van der Waals surface area contributed by atoms with Crippen molar-refractivity contribution < 1.29 is 9.18 Å². The fourth-order valence-electron chi connectivity index (χ4n) is 2.17. The molecule has 0 amide bonds. The van der Waals surface area contributed by atoms with Gasteiger partial charge in [-0.15, -0.1) is 0 Å². The summed E-state index contributed by atoms with van der Waals surface area (Å²) >= 11 is 0. The first kappa shape index (κ1) is 11.3. The third kappa shape index (κ3) is 2.00. The summed E-state index contributed by atoms with van der Waals surface area (Å²) in [7, 11) is 0. The lowest BCUT2D eigenvalue weighted by molar-refractivity contribution is 0.0907. The van der Waals surface area contributed by atoms with Crippen LogP contribution in [0.25, 0.3) is 0 Å². The van der Waals surface area contributed by atoms with Gasteiger partial charge in [0.25, 0.3) is 0 Å². The number of halogens is 1. The predicted molar refractivity (Wildman–Crippen MR) is 61.0 cm³/mol. The molecule has 0 bridgehead atoms. The molecule has 0 aromatic heterocycles. The highest BCUT2D eigenvalue weighted by Crippen LogP contribution is 2.22. The third-order valence-corrected chi connectivity index (χ3v) is 3.30. The van der Waals surface area contributed by atoms with Crippen molar-refractivity contribution >= 4 is 5.78 Å². The van der Waals surface area contributed by atoms with Crippen LogP contribution < -0.4 is 5.32 Å². The second-order valence-corrected chi connectivity index (χ2v) is 4.57. The van der Waals surface area contributed by atoms with Crippen LogP contribution in [-0.2, 0) is 0 Å². The summed E-state index contributed by atoms with van der Waals surface area (Å²) in [5, 5.41) is 3.20. The molecule has 16 heavy (non-hydrogen) atoms. The molecule has 1 aromatic rings. The topological polar surface area (TPSA) is 29.1 Å². The Hall–Kier alpha value is -1.22. The number of rotatable bonds is 2. The van der Waals surface area contributed by atoms with Gasteiger partial charge in [-0.1, -0.05) is 6.92 Å². The molecule has 0 radical (unpaired) electrons. The Balaban J connectivity index is 2.23. The van der Waals surface area contributed by atoms with Crippen LogP contribution in [0.2, 0.25) is 0 Å². The van der Waals surface area contributed by atoms with E-state index in [2.05, 4.69) is 12.2 Å². The summed E-state index contributed by atoms with van der Waals surface area (Å²) in [6.07, 6.45) is 0. The minimum atomic E-state index is -0.255. The summed E-state index contributed by atoms with van der Waals surface area (Å²) in [5.74, 6) is 0.262. The van der Waals surface area contributed by atoms with Gasteiger partial charge in [0.2, 0.25) is 0 Å². The maximum Gasteiger partial charge on any atom is 0.167 e. The number of carbonyl (C=O) groups is 1. The zero-order valence-corrected chi connectivity index (χ0v) is 9.59. The summed E-state index contributed by atoms with van der Waals surface area (Å²) in [4.78, 5) is 12.2. The number of hydrogen-bond acceptors (Lipinski definition) is 2. The Bertz CT molecular complexity index is 416. The van der Waals surface area contributed by atoms with Gasteiger partial charge in [0.15, 0.2) is 5.78 Å². The van der Waals surface area contributed by atoms with Crippen molar-refractivity contribution in [3.05, 3.63) is 35.1 Å². The minimum Gasteiger partial charge on any atom is -0.316 e. The second kappa shape index (κ2) is 4.34. The SMILES string of the molecule is Cc1cc(C(=O)C2CNCC2C)ccc1F. The van der Waals surface area contributed by atoms with Gasteiger partial charge in [-0.2, -0.15) is 0 Å². The molecule has 1 aliphatic heterocycles. The van der Waals surface area contributed by atoms with Gasteiger partial charge in [-0.3, -0.25) is 4.79 Å². The van der Waals surface area contributed by atoms with Gasteiger partial charge in [0.05, 0.1) is 0 Å². The van der Waals surface area contributed by atoms with E-state index in [9.17, 15) is 9.18 Å². The van der Waals surface area contributed by atoms with Crippen LogP contribution in [0.1, 0.15) is 22.8 Å². The highest BCUT2D eigenvalue weighted by Gasteiger charge is 2.30. The number of carbonyl (C=O) groups excluding carboxylic acids is 1. The smallest absolute Gasteiger partial charge is 0.167 e. The van der Waals surface area contributed by atoms with Gasteiger partial charge in [-0.05, 0) is 43.1 Å². The van der Waals surface area contributed by atoms with Crippen molar-refractivity contribution in [3.8, 4) is 0 Å². The number of nitrogens with one attached hydrogen (secondary N) is 1. The second-order valence-electron chi connectivity index (χ2n) is 4.57. The van der Waals surface area contributed by atoms with Crippen LogP contribution in [0, 0.1) is 24.6 Å². The molecular weight excluding hydrogens is 205 g/mol. The normalized spacial score (nSPS) is 24.7. The zero-order valence-electron chi connectivity index (χ0n) is 9.59. The maximum absolute atomic E-state index is 13.1. The van der Waals surface area contributed by atoms with E-state index in [1.807, 2.05) is 0 Å². The standard InChI is InChI=1S/C13H16FNO/c1-8-5-10(3-4-12(8)14)13(16)11-7-15-6-9(11)2/h3-5,9,11,15H,6-7H2,1-2H3. The summed E-state index contributed by atoms with van der Waals surface area (Å²) in [6.45, 7) is 5.37. The molecule has 86 valence electrons. The Morgan fingerprint density at radius 3 is 2.75 bits per heavy atom. The molecule has 0 saturated carbocycles. The van der Waals surface area contributed by atoms with E-state index in [-0.39, 0.29) is 17.5 Å². The number of ketones is 1. The third-order valence-electron chi connectivity index (χ3n) is 3.30. The number of aryl methyl sites for hydroxylation is 1. The van der Waals surface area contributed by atoms with Crippen LogP contribution >= 0.6 is 0 Å². The summed E-state index contributed by atoms with van der Waals surface area (Å²) in [6, 6.07) is 4.59. The van der Waals surface area contributed by atoms with E-state index >= 15 is 0 Å². The monoisotopic (exact) mass is 221 g/mol. The van der Waals surface area contributed by atoms with Gasteiger partial charge >= 0.3 is 0 Å². The number of benzene rings is 1. The van der Waals surface area contributed by atoms with E-state index in [1.165, 1.54) is 6.07 Å². The molecule has 1 aromatic carbocycles. The quantitative estimate of drug-likeness (QED) is 0.775. The molecule has 1 heterocycles. The fraction of sp³-hybridized carbons (Fsp3) is 0.462. The largest absolute Gasteiger partial charge is 0.316 e. The Labute approximate surface area is 94.9 Å². The molecule has 0 aliphatic carbocycles. The Morgan fingerprint density at radius 2 is 2.19 bits per heavy atom. The van der Waals surface area contributed by atoms with Gasteiger partial charge < -0.3 is 5.32 Å². The highest BCUT2D eigenvalue weighted by atomic mass is 19.1. The zero-order chi connectivity index (χ0) is 11.7. The van der Waals surface area contributed by atoms with Crippen molar-refractivity contribution in [2.24, 2.45) is 11.8 Å². The summed E-state index contributed by atoms with van der Waals surface area (Å²) in [5.41, 5.74) is 1.16. The van der Waals surface area contributed by atoms with E-state index in [4.69, 9.17) is 0 Å². The first-order valence-corrected chi connectivity index (χ1v) is 5.60. The molecule has 1 fully saturated rings. The van der Waals surface area contributed by atoms with E-state index in [1.54, 1.807) is 19.1 Å². The maximum atomic E-state index is 13.1. The highest BCUT2D eigenvalue weighted by molar-refractivity contribution is 5.98. The van der Waals surface area contributed by atoms with Crippen LogP contribution in [-0.4, -0.2) is 18.9 Å². The molecule has 2 atom stereocenters. The molecule has 1 aliphatic rings. The summed E-state index contributed by atoms with van der Waals surface area (Å²) < 4.78 is 13.1. The lowest BCUT2D eigenvalue weighted by Gasteiger charge is -2.13. The average molecular weight is 221 g/mol. The molecule has 1 saturated heterocycles.